The number of benzene rings is 1. The highest BCUT2D eigenvalue weighted by Gasteiger charge is 2.25. The first-order valence-corrected chi connectivity index (χ1v) is 3.82. The second kappa shape index (κ2) is 2.38. The van der Waals surface area contributed by atoms with Crippen LogP contribution < -0.4 is 10.5 Å². The fourth-order valence-electron chi connectivity index (χ4n) is 1.21. The van der Waals surface area contributed by atoms with Crippen LogP contribution in [0, 0.1) is 0 Å². The molecule has 12 heavy (non-hydrogen) atoms. The van der Waals surface area contributed by atoms with Crippen molar-refractivity contribution in [3.8, 4) is 5.75 Å². The number of fused-ring (bicyclic) bond motifs is 1. The first-order chi connectivity index (χ1) is 5.70. The molecular weight excluding hydrogens is 178 g/mol. The number of ether oxygens (including phenoxy) is 1. The zero-order valence-corrected chi connectivity index (χ0v) is 6.89. The highest BCUT2D eigenvalue weighted by atomic mass is 35.5. The van der Waals surface area contributed by atoms with E-state index in [2.05, 4.69) is 0 Å². The molecule has 0 amide bonds. The Morgan fingerprint density at radius 2 is 2.25 bits per heavy atom. The van der Waals surface area contributed by atoms with Crippen molar-refractivity contribution in [1.29, 1.82) is 0 Å². The monoisotopic (exact) mass is 183 g/mol. The van der Waals surface area contributed by atoms with Crippen LogP contribution in [0.25, 0.3) is 0 Å². The van der Waals surface area contributed by atoms with Gasteiger partial charge in [-0.25, -0.2) is 0 Å². The quantitative estimate of drug-likeness (QED) is 0.620. The number of anilines is 1. The summed E-state index contributed by atoms with van der Waals surface area (Å²) in [5, 5.41) is 0.435. The van der Waals surface area contributed by atoms with E-state index >= 15 is 0 Å². The lowest BCUT2D eigenvalue weighted by atomic mass is 10.1. The first-order valence-electron chi connectivity index (χ1n) is 3.44. The molecule has 4 heteroatoms. The summed E-state index contributed by atoms with van der Waals surface area (Å²) in [5.74, 6) is 0.312. The molecule has 1 aliphatic rings. The maximum absolute atomic E-state index is 11.2. The lowest BCUT2D eigenvalue weighted by molar-refractivity contribution is 0.0962. The topological polar surface area (TPSA) is 52.3 Å². The molecule has 1 aromatic rings. The largest absolute Gasteiger partial charge is 0.483 e. The average molecular weight is 184 g/mol. The summed E-state index contributed by atoms with van der Waals surface area (Å²) < 4.78 is 5.06. The van der Waals surface area contributed by atoms with Gasteiger partial charge in [0.15, 0.2) is 12.4 Å². The molecule has 0 bridgehead atoms. The van der Waals surface area contributed by atoms with Crippen LogP contribution in [-0.4, -0.2) is 12.4 Å². The number of hydrogen-bond acceptors (Lipinski definition) is 3. The minimum absolute atomic E-state index is 0.0449. The van der Waals surface area contributed by atoms with Gasteiger partial charge in [-0.05, 0) is 12.1 Å². The van der Waals surface area contributed by atoms with Crippen molar-refractivity contribution in [3.05, 3.63) is 22.7 Å². The van der Waals surface area contributed by atoms with E-state index in [-0.39, 0.29) is 12.4 Å². The Hall–Kier alpha value is -1.22. The highest BCUT2D eigenvalue weighted by molar-refractivity contribution is 6.33. The van der Waals surface area contributed by atoms with Gasteiger partial charge in [-0.1, -0.05) is 11.6 Å². The van der Waals surface area contributed by atoms with Crippen molar-refractivity contribution in [3.63, 3.8) is 0 Å². The van der Waals surface area contributed by atoms with Crippen LogP contribution in [0.2, 0.25) is 5.02 Å². The molecule has 62 valence electrons. The van der Waals surface area contributed by atoms with Gasteiger partial charge in [0.05, 0.1) is 10.6 Å². The molecule has 1 aromatic carbocycles. The smallest absolute Gasteiger partial charge is 0.206 e. The van der Waals surface area contributed by atoms with Crippen molar-refractivity contribution in [1.82, 2.24) is 0 Å². The van der Waals surface area contributed by atoms with E-state index in [1.165, 1.54) is 0 Å². The molecule has 0 unspecified atom stereocenters. The van der Waals surface area contributed by atoms with Crippen LogP contribution >= 0.6 is 11.6 Å². The Balaban J connectivity index is 2.72. The maximum Gasteiger partial charge on any atom is 0.206 e. The van der Waals surface area contributed by atoms with Gasteiger partial charge in [0, 0.05) is 5.69 Å². The fourth-order valence-corrected chi connectivity index (χ4v) is 1.42. The Kier molecular flexibility index (Phi) is 1.48. The fraction of sp³-hybridized carbons (Fsp3) is 0.125. The van der Waals surface area contributed by atoms with Crippen molar-refractivity contribution < 1.29 is 9.53 Å². The minimum Gasteiger partial charge on any atom is -0.483 e. The second-order valence-electron chi connectivity index (χ2n) is 2.55. The van der Waals surface area contributed by atoms with E-state index in [0.29, 0.717) is 22.0 Å². The van der Waals surface area contributed by atoms with Crippen LogP contribution in [0.5, 0.6) is 5.75 Å². The molecule has 2 rings (SSSR count). The number of ketones is 1. The predicted octanol–water partition coefficient (Wildman–Crippen LogP) is 1.50. The van der Waals surface area contributed by atoms with E-state index in [1.807, 2.05) is 0 Å². The third kappa shape index (κ3) is 0.865. The predicted molar refractivity (Wildman–Crippen MR) is 45.7 cm³/mol. The van der Waals surface area contributed by atoms with Gasteiger partial charge < -0.3 is 10.5 Å². The molecule has 0 saturated heterocycles. The number of carbonyl (C=O) groups is 1. The van der Waals surface area contributed by atoms with Gasteiger partial charge in [0.25, 0.3) is 0 Å². The summed E-state index contributed by atoms with van der Waals surface area (Å²) in [7, 11) is 0. The van der Waals surface area contributed by atoms with Crippen LogP contribution in [-0.2, 0) is 0 Å². The SMILES string of the molecule is Nc1ccc(Cl)c2c1C(=O)CO2. The highest BCUT2D eigenvalue weighted by Crippen LogP contribution is 2.36. The third-order valence-corrected chi connectivity index (χ3v) is 2.07. The number of nitrogens with two attached hydrogens (primary N) is 1. The summed E-state index contributed by atoms with van der Waals surface area (Å²) in [6, 6.07) is 3.22. The van der Waals surface area contributed by atoms with E-state index in [9.17, 15) is 4.79 Å². The number of Topliss-reactive ketones (excluding diaryl/α,β-unsaturated/α-hetero) is 1. The van der Waals surface area contributed by atoms with Gasteiger partial charge in [-0.2, -0.15) is 0 Å². The molecule has 0 saturated carbocycles. The molecule has 3 nitrogen and oxygen atoms in total. The number of nitrogen functional groups attached to an aromatic ring is 1. The van der Waals surface area contributed by atoms with E-state index in [1.54, 1.807) is 12.1 Å². The van der Waals surface area contributed by atoms with Gasteiger partial charge in [0.2, 0.25) is 5.78 Å². The number of rotatable bonds is 0. The second-order valence-corrected chi connectivity index (χ2v) is 2.96. The summed E-state index contributed by atoms with van der Waals surface area (Å²) in [6.07, 6.45) is 0. The Morgan fingerprint density at radius 3 is 2.92 bits per heavy atom. The minimum atomic E-state index is -0.106. The summed E-state index contributed by atoms with van der Waals surface area (Å²) in [5.41, 5.74) is 6.42. The maximum atomic E-state index is 11.2. The Labute approximate surface area is 74.1 Å². The number of halogens is 1. The zero-order chi connectivity index (χ0) is 8.72. The Morgan fingerprint density at radius 1 is 1.50 bits per heavy atom. The molecule has 0 aliphatic carbocycles. The molecule has 1 heterocycles. The molecule has 1 aliphatic heterocycles. The summed E-state index contributed by atoms with van der Waals surface area (Å²) in [6.45, 7) is 0.0449. The van der Waals surface area contributed by atoms with Gasteiger partial charge in [-0.3, -0.25) is 4.79 Å². The van der Waals surface area contributed by atoms with Crippen LogP contribution in [0.3, 0.4) is 0 Å². The van der Waals surface area contributed by atoms with Crippen LogP contribution in [0.15, 0.2) is 12.1 Å². The summed E-state index contributed by atoms with van der Waals surface area (Å²) in [4.78, 5) is 11.2. The lowest BCUT2D eigenvalue weighted by Gasteiger charge is -2.01. The summed E-state index contributed by atoms with van der Waals surface area (Å²) >= 11 is 5.77. The molecule has 0 atom stereocenters. The Bertz CT molecular complexity index is 362. The lowest BCUT2D eigenvalue weighted by Crippen LogP contribution is -2.01. The molecule has 0 spiro atoms. The van der Waals surface area contributed by atoms with E-state index in [0.717, 1.165) is 0 Å². The zero-order valence-electron chi connectivity index (χ0n) is 6.13. The van der Waals surface area contributed by atoms with Gasteiger partial charge in [0.1, 0.15) is 0 Å². The first kappa shape index (κ1) is 7.43. The van der Waals surface area contributed by atoms with Crippen molar-refractivity contribution in [2.75, 3.05) is 12.3 Å². The van der Waals surface area contributed by atoms with Crippen LogP contribution in [0.4, 0.5) is 5.69 Å². The average Bonchev–Trinajstić information content (AvgIpc) is 2.42. The number of hydrogen-bond donors (Lipinski definition) is 1. The van der Waals surface area contributed by atoms with Crippen LogP contribution in [0.1, 0.15) is 10.4 Å². The molecule has 0 aromatic heterocycles. The van der Waals surface area contributed by atoms with E-state index < -0.39 is 0 Å². The van der Waals surface area contributed by atoms with Crippen molar-refractivity contribution in [2.45, 2.75) is 0 Å². The van der Waals surface area contributed by atoms with Crippen molar-refractivity contribution >= 4 is 23.1 Å². The van der Waals surface area contributed by atoms with E-state index in [4.69, 9.17) is 22.1 Å². The molecule has 2 N–H and O–H groups in total. The van der Waals surface area contributed by atoms with Crippen molar-refractivity contribution in [2.24, 2.45) is 0 Å². The van der Waals surface area contributed by atoms with Gasteiger partial charge in [-0.15, -0.1) is 0 Å². The standard InChI is InChI=1S/C8H6ClNO2/c9-4-1-2-5(10)7-6(11)3-12-8(4)7/h1-2H,3,10H2. The van der Waals surface area contributed by atoms with Gasteiger partial charge >= 0.3 is 0 Å². The molecular formula is C8H6ClNO2. The third-order valence-electron chi connectivity index (χ3n) is 1.77. The molecule has 0 fully saturated rings. The normalized spacial score (nSPS) is 14.2. The molecule has 0 radical (unpaired) electrons. The number of carbonyl (C=O) groups excluding carboxylic acids is 1.